The molecule has 0 saturated heterocycles. The van der Waals surface area contributed by atoms with E-state index >= 15 is 0 Å². The normalized spacial score (nSPS) is 11.1. The summed E-state index contributed by atoms with van der Waals surface area (Å²) in [4.78, 5) is 3.40. The summed E-state index contributed by atoms with van der Waals surface area (Å²) in [6.45, 7) is 0. The van der Waals surface area contributed by atoms with Crippen molar-refractivity contribution in [2.45, 2.75) is 21.1 Å². The highest BCUT2D eigenvalue weighted by Gasteiger charge is 2.28. The van der Waals surface area contributed by atoms with E-state index in [-0.39, 0.29) is 16.5 Å². The Morgan fingerprint density at radius 2 is 0.955 bits per heavy atom. The first-order valence-electron chi connectivity index (χ1n) is 6.98. The molecule has 0 aromatic heterocycles. The molecule has 22 heavy (non-hydrogen) atoms. The summed E-state index contributed by atoms with van der Waals surface area (Å²) in [6, 6.07) is 27.0. The molecule has 3 heteroatoms. The first kappa shape index (κ1) is 14.8. The zero-order valence-electron chi connectivity index (χ0n) is 11.8. The standard InChI is InChI=1S/C19H15F2S/c20-19(21)15-11-13-18(14-12-15)22(16-7-3-1-4-8-16)17-9-5-2-6-10-17/h1-14,19H/q+1. The van der Waals surface area contributed by atoms with Gasteiger partial charge < -0.3 is 0 Å². The van der Waals surface area contributed by atoms with Crippen LogP contribution in [0.25, 0.3) is 0 Å². The van der Waals surface area contributed by atoms with E-state index in [1.165, 1.54) is 21.9 Å². The van der Waals surface area contributed by atoms with Crippen LogP contribution in [0.1, 0.15) is 12.0 Å². The van der Waals surface area contributed by atoms with Crippen molar-refractivity contribution in [3.05, 3.63) is 90.5 Å². The van der Waals surface area contributed by atoms with Gasteiger partial charge in [-0.3, -0.25) is 0 Å². The summed E-state index contributed by atoms with van der Waals surface area (Å²) >= 11 is 0. The van der Waals surface area contributed by atoms with Crippen molar-refractivity contribution in [2.24, 2.45) is 0 Å². The lowest BCUT2D eigenvalue weighted by Gasteiger charge is -2.08. The van der Waals surface area contributed by atoms with Gasteiger partial charge in [-0.25, -0.2) is 8.78 Å². The maximum atomic E-state index is 12.7. The Bertz CT molecular complexity index is 670. The smallest absolute Gasteiger partial charge is 0.205 e. The molecule has 0 nitrogen and oxygen atoms in total. The molecule has 0 bridgehead atoms. The van der Waals surface area contributed by atoms with Gasteiger partial charge in [0.2, 0.25) is 0 Å². The van der Waals surface area contributed by atoms with Gasteiger partial charge in [-0.1, -0.05) is 36.4 Å². The SMILES string of the molecule is FC(F)c1ccc([S+](c2ccccc2)c2ccccc2)cc1. The lowest BCUT2D eigenvalue weighted by Crippen LogP contribution is -2.04. The summed E-state index contributed by atoms with van der Waals surface area (Å²) in [6.07, 6.45) is -2.43. The second kappa shape index (κ2) is 6.75. The fourth-order valence-electron chi connectivity index (χ4n) is 2.27. The van der Waals surface area contributed by atoms with Crippen LogP contribution in [0.5, 0.6) is 0 Å². The molecule has 0 N–H and O–H groups in total. The molecular weight excluding hydrogens is 298 g/mol. The van der Waals surface area contributed by atoms with Crippen LogP contribution >= 0.6 is 0 Å². The topological polar surface area (TPSA) is 0 Å². The van der Waals surface area contributed by atoms with Crippen molar-refractivity contribution < 1.29 is 8.78 Å². The Morgan fingerprint density at radius 1 is 0.545 bits per heavy atom. The maximum absolute atomic E-state index is 12.7. The lowest BCUT2D eigenvalue weighted by atomic mass is 10.2. The molecular formula is C19H15F2S+. The van der Waals surface area contributed by atoms with Crippen LogP contribution < -0.4 is 0 Å². The van der Waals surface area contributed by atoms with E-state index in [0.29, 0.717) is 0 Å². The number of hydrogen-bond donors (Lipinski definition) is 0. The molecule has 0 unspecified atom stereocenters. The van der Waals surface area contributed by atoms with E-state index in [0.717, 1.165) is 4.90 Å². The first-order valence-corrected chi connectivity index (χ1v) is 8.20. The Morgan fingerprint density at radius 3 is 1.36 bits per heavy atom. The van der Waals surface area contributed by atoms with Crippen LogP contribution in [0.2, 0.25) is 0 Å². The third-order valence-electron chi connectivity index (χ3n) is 3.33. The van der Waals surface area contributed by atoms with Crippen LogP contribution in [0.4, 0.5) is 8.78 Å². The van der Waals surface area contributed by atoms with Gasteiger partial charge in [-0.2, -0.15) is 0 Å². The van der Waals surface area contributed by atoms with Crippen LogP contribution in [0.15, 0.2) is 99.6 Å². The molecule has 3 aromatic rings. The zero-order valence-corrected chi connectivity index (χ0v) is 12.6. The summed E-state index contributed by atoms with van der Waals surface area (Å²) in [5, 5.41) is 0. The molecule has 0 aliphatic heterocycles. The van der Waals surface area contributed by atoms with Gasteiger partial charge in [0.05, 0.1) is 10.9 Å². The average molecular weight is 313 g/mol. The van der Waals surface area contributed by atoms with E-state index in [1.54, 1.807) is 0 Å². The average Bonchev–Trinajstić information content (AvgIpc) is 2.57. The third kappa shape index (κ3) is 3.20. The lowest BCUT2D eigenvalue weighted by molar-refractivity contribution is 0.151. The zero-order chi connectivity index (χ0) is 15.4. The highest BCUT2D eigenvalue weighted by molar-refractivity contribution is 7.97. The maximum Gasteiger partial charge on any atom is 0.263 e. The van der Waals surface area contributed by atoms with E-state index < -0.39 is 6.43 Å². The van der Waals surface area contributed by atoms with E-state index in [4.69, 9.17) is 0 Å². The predicted molar refractivity (Wildman–Crippen MR) is 86.4 cm³/mol. The number of alkyl halides is 2. The molecule has 3 rings (SSSR count). The Hall–Kier alpha value is -2.13. The number of benzene rings is 3. The van der Waals surface area contributed by atoms with Crippen LogP contribution in [-0.2, 0) is 10.9 Å². The van der Waals surface area contributed by atoms with Gasteiger partial charge in [0.15, 0.2) is 14.7 Å². The minimum absolute atomic E-state index is 0.0634. The van der Waals surface area contributed by atoms with E-state index in [1.807, 2.05) is 48.5 Å². The van der Waals surface area contributed by atoms with Crippen molar-refractivity contribution in [3.63, 3.8) is 0 Å². The molecule has 3 aromatic carbocycles. The van der Waals surface area contributed by atoms with Crippen molar-refractivity contribution in [1.29, 1.82) is 0 Å². The molecule has 110 valence electrons. The quantitative estimate of drug-likeness (QED) is 0.540. The molecule has 0 aliphatic carbocycles. The molecule has 0 saturated carbocycles. The second-order valence-corrected chi connectivity index (χ2v) is 6.83. The third-order valence-corrected chi connectivity index (χ3v) is 5.56. The molecule has 0 aliphatic rings. The van der Waals surface area contributed by atoms with Gasteiger partial charge in [-0.05, 0) is 48.5 Å². The molecule has 0 atom stereocenters. The first-order chi connectivity index (χ1) is 10.8. The van der Waals surface area contributed by atoms with Gasteiger partial charge >= 0.3 is 0 Å². The van der Waals surface area contributed by atoms with E-state index in [2.05, 4.69) is 24.3 Å². The Balaban J connectivity index is 2.06. The fourth-order valence-corrected chi connectivity index (χ4v) is 4.35. The van der Waals surface area contributed by atoms with Gasteiger partial charge in [-0.15, -0.1) is 0 Å². The molecule has 0 spiro atoms. The molecule has 0 fully saturated rings. The van der Waals surface area contributed by atoms with Crippen molar-refractivity contribution >= 4 is 10.9 Å². The predicted octanol–water partition coefficient (Wildman–Crippen LogP) is 5.72. The summed E-state index contributed by atoms with van der Waals surface area (Å²) in [5.74, 6) is 0. The van der Waals surface area contributed by atoms with Gasteiger partial charge in [0, 0.05) is 5.56 Å². The highest BCUT2D eigenvalue weighted by Crippen LogP contribution is 2.32. The summed E-state index contributed by atoms with van der Waals surface area (Å²) in [5.41, 5.74) is 0.0634. The largest absolute Gasteiger partial charge is 0.263 e. The van der Waals surface area contributed by atoms with Crippen LogP contribution in [0.3, 0.4) is 0 Å². The Labute approximate surface area is 131 Å². The molecule has 0 heterocycles. The minimum Gasteiger partial charge on any atom is -0.205 e. The van der Waals surface area contributed by atoms with Gasteiger partial charge in [0.25, 0.3) is 6.43 Å². The number of halogens is 2. The summed E-state index contributed by atoms with van der Waals surface area (Å²) in [7, 11) is -0.281. The van der Waals surface area contributed by atoms with Crippen LogP contribution in [-0.4, -0.2) is 0 Å². The minimum atomic E-state index is -2.43. The molecule has 0 radical (unpaired) electrons. The summed E-state index contributed by atoms with van der Waals surface area (Å²) < 4.78 is 25.5. The monoisotopic (exact) mass is 313 g/mol. The second-order valence-electron chi connectivity index (χ2n) is 4.80. The number of rotatable bonds is 4. The van der Waals surface area contributed by atoms with Crippen molar-refractivity contribution in [1.82, 2.24) is 0 Å². The van der Waals surface area contributed by atoms with Gasteiger partial charge in [0.1, 0.15) is 0 Å². The van der Waals surface area contributed by atoms with Crippen molar-refractivity contribution in [2.75, 3.05) is 0 Å². The van der Waals surface area contributed by atoms with Crippen LogP contribution in [0, 0.1) is 0 Å². The fraction of sp³-hybridized carbons (Fsp3) is 0.0526. The van der Waals surface area contributed by atoms with Crippen molar-refractivity contribution in [3.8, 4) is 0 Å². The number of hydrogen-bond acceptors (Lipinski definition) is 0. The Kier molecular flexibility index (Phi) is 4.54. The molecule has 0 amide bonds. The highest BCUT2D eigenvalue weighted by atomic mass is 32.2. The van der Waals surface area contributed by atoms with E-state index in [9.17, 15) is 8.78 Å².